The summed E-state index contributed by atoms with van der Waals surface area (Å²) in [5.41, 5.74) is 5.37. The summed E-state index contributed by atoms with van der Waals surface area (Å²) in [5, 5.41) is 2.10. The molecule has 0 fully saturated rings. The molecule has 23 heavy (non-hydrogen) atoms. The third-order valence-corrected chi connectivity index (χ3v) is 4.58. The zero-order valence-electron chi connectivity index (χ0n) is 12.4. The van der Waals surface area contributed by atoms with Crippen molar-refractivity contribution < 1.29 is 0 Å². The lowest BCUT2D eigenvalue weighted by Crippen LogP contribution is -1.88. The minimum Gasteiger partial charge on any atom is -0.256 e. The van der Waals surface area contributed by atoms with E-state index in [-0.39, 0.29) is 0 Å². The molecule has 0 unspecified atom stereocenters. The van der Waals surface area contributed by atoms with Crippen LogP contribution in [-0.2, 0) is 0 Å². The van der Waals surface area contributed by atoms with Crippen LogP contribution in [0, 0.1) is 0 Å². The topological polar surface area (TPSA) is 25.8 Å². The van der Waals surface area contributed by atoms with Crippen molar-refractivity contribution in [1.29, 1.82) is 0 Å². The molecule has 110 valence electrons. The molecule has 0 atom stereocenters. The van der Waals surface area contributed by atoms with E-state index in [0.717, 1.165) is 22.5 Å². The summed E-state index contributed by atoms with van der Waals surface area (Å²) in [7, 11) is 0. The molecule has 0 amide bonds. The van der Waals surface area contributed by atoms with Gasteiger partial charge in [0.15, 0.2) is 0 Å². The fourth-order valence-corrected chi connectivity index (χ4v) is 3.29. The molecule has 0 bridgehead atoms. The number of thiophene rings is 1. The number of rotatable bonds is 3. The summed E-state index contributed by atoms with van der Waals surface area (Å²) in [5.74, 6) is 0. The largest absolute Gasteiger partial charge is 0.256 e. The Morgan fingerprint density at radius 3 is 1.70 bits per heavy atom. The highest BCUT2D eigenvalue weighted by Crippen LogP contribution is 2.33. The van der Waals surface area contributed by atoms with E-state index in [2.05, 4.69) is 45.7 Å². The molecule has 4 rings (SSSR count). The highest BCUT2D eigenvalue weighted by molar-refractivity contribution is 7.13. The molecule has 0 aliphatic carbocycles. The third-order valence-electron chi connectivity index (χ3n) is 3.66. The summed E-state index contributed by atoms with van der Waals surface area (Å²) in [4.78, 5) is 10.2. The first-order chi connectivity index (χ1) is 11.4. The van der Waals surface area contributed by atoms with Gasteiger partial charge in [-0.15, -0.1) is 11.3 Å². The van der Waals surface area contributed by atoms with Crippen LogP contribution in [0.1, 0.15) is 0 Å². The second-order valence-corrected chi connectivity index (χ2v) is 6.15. The molecule has 4 aromatic rings. The highest BCUT2D eigenvalue weighted by Gasteiger charge is 2.08. The first-order valence-electron chi connectivity index (χ1n) is 7.42. The molecular formula is C20H14N2S. The van der Waals surface area contributed by atoms with Crippen molar-refractivity contribution in [3.05, 3.63) is 84.5 Å². The molecular weight excluding hydrogens is 300 g/mol. The van der Waals surface area contributed by atoms with Gasteiger partial charge in [0.2, 0.25) is 0 Å². The molecule has 3 aromatic heterocycles. The Kier molecular flexibility index (Phi) is 3.70. The van der Waals surface area contributed by atoms with E-state index in [1.54, 1.807) is 11.3 Å². The number of aromatic nitrogens is 2. The van der Waals surface area contributed by atoms with Gasteiger partial charge < -0.3 is 0 Å². The third kappa shape index (κ3) is 2.91. The van der Waals surface area contributed by atoms with Crippen LogP contribution in [-0.4, -0.2) is 9.97 Å². The maximum absolute atomic E-state index is 4.49. The molecule has 1 aromatic carbocycles. The summed E-state index contributed by atoms with van der Waals surface area (Å²) >= 11 is 1.74. The highest BCUT2D eigenvalue weighted by atomic mass is 32.1. The molecule has 0 spiro atoms. The van der Waals surface area contributed by atoms with Crippen molar-refractivity contribution in [3.8, 4) is 33.0 Å². The predicted octanol–water partition coefficient (Wildman–Crippen LogP) is 5.54. The zero-order valence-corrected chi connectivity index (χ0v) is 13.2. The van der Waals surface area contributed by atoms with Crippen molar-refractivity contribution in [3.63, 3.8) is 0 Å². The molecule has 0 saturated heterocycles. The Morgan fingerprint density at radius 2 is 1.22 bits per heavy atom. The number of pyridine rings is 2. The first kappa shape index (κ1) is 13.9. The summed E-state index contributed by atoms with van der Waals surface area (Å²) in [6.45, 7) is 0. The number of hydrogen-bond acceptors (Lipinski definition) is 3. The van der Waals surface area contributed by atoms with E-state index in [9.17, 15) is 0 Å². The first-order valence-corrected chi connectivity index (χ1v) is 8.30. The second kappa shape index (κ2) is 6.15. The van der Waals surface area contributed by atoms with Gasteiger partial charge in [-0.1, -0.05) is 18.2 Å². The fourth-order valence-electron chi connectivity index (χ4n) is 2.58. The Balaban J connectivity index is 1.91. The number of nitrogens with zero attached hydrogens (tertiary/aromatic N) is 2. The van der Waals surface area contributed by atoms with E-state index < -0.39 is 0 Å². The molecule has 2 nitrogen and oxygen atoms in total. The van der Waals surface area contributed by atoms with E-state index in [4.69, 9.17) is 0 Å². The normalized spacial score (nSPS) is 10.6. The maximum Gasteiger partial charge on any atom is 0.0702 e. The zero-order chi connectivity index (χ0) is 15.5. The van der Waals surface area contributed by atoms with Crippen molar-refractivity contribution in [2.75, 3.05) is 0 Å². The van der Waals surface area contributed by atoms with Gasteiger partial charge in [-0.05, 0) is 59.5 Å². The van der Waals surface area contributed by atoms with Crippen LogP contribution < -0.4 is 0 Å². The minimum atomic E-state index is 0.975. The summed E-state index contributed by atoms with van der Waals surface area (Å²) in [6.07, 6.45) is 3.65. The van der Waals surface area contributed by atoms with Crippen molar-refractivity contribution >= 4 is 11.3 Å². The molecule has 0 aliphatic rings. The van der Waals surface area contributed by atoms with Gasteiger partial charge in [-0.2, -0.15) is 0 Å². The van der Waals surface area contributed by atoms with Gasteiger partial charge in [0.25, 0.3) is 0 Å². The van der Waals surface area contributed by atoms with Crippen LogP contribution in [0.5, 0.6) is 0 Å². The van der Waals surface area contributed by atoms with Crippen LogP contribution in [0.2, 0.25) is 0 Å². The van der Waals surface area contributed by atoms with Crippen LogP contribution in [0.3, 0.4) is 0 Å². The van der Waals surface area contributed by atoms with Crippen LogP contribution in [0.15, 0.2) is 84.5 Å². The van der Waals surface area contributed by atoms with Crippen LogP contribution in [0.4, 0.5) is 0 Å². The number of hydrogen-bond donors (Lipinski definition) is 0. The van der Waals surface area contributed by atoms with Gasteiger partial charge in [0.05, 0.1) is 11.4 Å². The lowest BCUT2D eigenvalue weighted by atomic mass is 10.00. The number of benzene rings is 1. The van der Waals surface area contributed by atoms with Crippen LogP contribution >= 0.6 is 11.3 Å². The van der Waals surface area contributed by atoms with E-state index in [1.165, 1.54) is 10.4 Å². The lowest BCUT2D eigenvalue weighted by molar-refractivity contribution is 1.31. The molecule has 3 heteroatoms. The standard InChI is InChI=1S/C20H14N2S/c1-3-9-21-18(6-1)15-12-16(19-7-2-4-10-22-19)14-17(13-15)20-8-5-11-23-20/h1-14H. The fraction of sp³-hybridized carbons (Fsp3) is 0. The summed E-state index contributed by atoms with van der Waals surface area (Å²) < 4.78 is 0. The average molecular weight is 314 g/mol. The lowest BCUT2D eigenvalue weighted by Gasteiger charge is -2.09. The minimum absolute atomic E-state index is 0.975. The van der Waals surface area contributed by atoms with Gasteiger partial charge in [-0.25, -0.2) is 0 Å². The molecule has 3 heterocycles. The van der Waals surface area contributed by atoms with E-state index in [0.29, 0.717) is 0 Å². The predicted molar refractivity (Wildman–Crippen MR) is 96.2 cm³/mol. The average Bonchev–Trinajstić information content (AvgIpc) is 3.18. The molecule has 0 radical (unpaired) electrons. The monoisotopic (exact) mass is 314 g/mol. The van der Waals surface area contributed by atoms with Crippen molar-refractivity contribution in [1.82, 2.24) is 9.97 Å². The smallest absolute Gasteiger partial charge is 0.0702 e. The summed E-state index contributed by atoms with van der Waals surface area (Å²) in [6, 6.07) is 22.7. The van der Waals surface area contributed by atoms with Crippen molar-refractivity contribution in [2.24, 2.45) is 0 Å². The van der Waals surface area contributed by atoms with E-state index in [1.807, 2.05) is 48.8 Å². The SMILES string of the molecule is c1ccc(-c2cc(-c3ccccn3)cc(-c3cccs3)c2)nc1. The molecule has 0 saturated carbocycles. The molecule has 0 N–H and O–H groups in total. The van der Waals surface area contributed by atoms with E-state index >= 15 is 0 Å². The Morgan fingerprint density at radius 1 is 0.609 bits per heavy atom. The van der Waals surface area contributed by atoms with Gasteiger partial charge in [-0.3, -0.25) is 9.97 Å². The second-order valence-electron chi connectivity index (χ2n) is 5.21. The Bertz CT molecular complexity index is 843. The van der Waals surface area contributed by atoms with Crippen LogP contribution in [0.25, 0.3) is 33.0 Å². The van der Waals surface area contributed by atoms with Gasteiger partial charge in [0.1, 0.15) is 0 Å². The Labute approximate surface area is 139 Å². The van der Waals surface area contributed by atoms with Gasteiger partial charge in [0, 0.05) is 28.4 Å². The van der Waals surface area contributed by atoms with Gasteiger partial charge >= 0.3 is 0 Å². The Hall–Kier alpha value is -2.78. The maximum atomic E-state index is 4.49. The quantitative estimate of drug-likeness (QED) is 0.496. The van der Waals surface area contributed by atoms with Crippen molar-refractivity contribution in [2.45, 2.75) is 0 Å². The molecule has 0 aliphatic heterocycles.